The monoisotopic (exact) mass is 387 g/mol. The van der Waals surface area contributed by atoms with Gasteiger partial charge >= 0.3 is 0 Å². The number of amides is 1. The van der Waals surface area contributed by atoms with E-state index in [1.54, 1.807) is 29.5 Å². The van der Waals surface area contributed by atoms with Crippen LogP contribution in [-0.4, -0.2) is 34.9 Å². The van der Waals surface area contributed by atoms with Gasteiger partial charge in [-0.25, -0.2) is 4.98 Å². The number of carbonyl (C=O) groups is 1. The maximum atomic E-state index is 12.5. The van der Waals surface area contributed by atoms with E-state index in [2.05, 4.69) is 10.3 Å². The predicted octanol–water partition coefficient (Wildman–Crippen LogP) is 2.77. The van der Waals surface area contributed by atoms with Crippen LogP contribution in [0.5, 0.6) is 5.75 Å². The molecule has 1 aliphatic heterocycles. The van der Waals surface area contributed by atoms with Crippen LogP contribution in [0.4, 0.5) is 0 Å². The number of nitrogens with zero attached hydrogens (tertiary/aromatic N) is 2. The van der Waals surface area contributed by atoms with Crippen LogP contribution >= 0.6 is 11.8 Å². The first-order valence-corrected chi connectivity index (χ1v) is 10.1. The number of aromatic nitrogens is 2. The third kappa shape index (κ3) is 4.71. The molecule has 2 heterocycles. The van der Waals surface area contributed by atoms with Crippen LogP contribution in [0, 0.1) is 0 Å². The number of fused-ring (bicyclic) bond motifs is 1. The third-order valence-electron chi connectivity index (χ3n) is 4.59. The van der Waals surface area contributed by atoms with E-state index in [-0.39, 0.29) is 23.4 Å². The summed E-state index contributed by atoms with van der Waals surface area (Å²) in [4.78, 5) is 29.4. The number of nitrogens with one attached hydrogen (secondary N) is 1. The minimum Gasteiger partial charge on any atom is -0.497 e. The van der Waals surface area contributed by atoms with Crippen molar-refractivity contribution in [2.24, 2.45) is 0 Å². The standard InChI is InChI=1S/C20H25N3O3S/c1-13(2)17-11-19(25)23-15(12-27-20(23)22-17)10-18(24)21-8-7-14-5-4-6-16(9-14)26-3/h4-6,9,11,13,15H,7-8,10,12H2,1-3H3,(H,21,24). The second kappa shape index (κ2) is 8.61. The van der Waals surface area contributed by atoms with Crippen LogP contribution in [0.2, 0.25) is 0 Å². The topological polar surface area (TPSA) is 73.2 Å². The molecule has 1 aromatic heterocycles. The Bertz CT molecular complexity index is 879. The molecule has 0 aliphatic carbocycles. The van der Waals surface area contributed by atoms with Gasteiger partial charge in [0.05, 0.1) is 18.8 Å². The molecule has 0 spiro atoms. The summed E-state index contributed by atoms with van der Waals surface area (Å²) in [6.07, 6.45) is 1.03. The van der Waals surface area contributed by atoms with Crippen molar-refractivity contribution in [1.29, 1.82) is 0 Å². The fourth-order valence-electron chi connectivity index (χ4n) is 3.08. The van der Waals surface area contributed by atoms with E-state index in [1.165, 1.54) is 0 Å². The Morgan fingerprint density at radius 3 is 2.96 bits per heavy atom. The zero-order valence-electron chi connectivity index (χ0n) is 15.9. The van der Waals surface area contributed by atoms with Crippen molar-refractivity contribution in [2.75, 3.05) is 19.4 Å². The summed E-state index contributed by atoms with van der Waals surface area (Å²) in [5.41, 5.74) is 1.85. The summed E-state index contributed by atoms with van der Waals surface area (Å²) in [6.45, 7) is 4.59. The maximum Gasteiger partial charge on any atom is 0.254 e. The molecule has 0 bridgehead atoms. The average Bonchev–Trinajstić information content (AvgIpc) is 3.05. The van der Waals surface area contributed by atoms with Crippen LogP contribution in [0.3, 0.4) is 0 Å². The molecule has 0 saturated carbocycles. The Hall–Kier alpha value is -2.28. The molecule has 7 heteroatoms. The van der Waals surface area contributed by atoms with Crippen LogP contribution < -0.4 is 15.6 Å². The van der Waals surface area contributed by atoms with E-state index in [4.69, 9.17) is 4.74 Å². The Morgan fingerprint density at radius 1 is 1.41 bits per heavy atom. The molecule has 0 radical (unpaired) electrons. The zero-order chi connectivity index (χ0) is 19.4. The van der Waals surface area contributed by atoms with E-state index < -0.39 is 0 Å². The van der Waals surface area contributed by atoms with Crippen molar-refractivity contribution in [3.63, 3.8) is 0 Å². The largest absolute Gasteiger partial charge is 0.497 e. The van der Waals surface area contributed by atoms with Crippen LogP contribution in [0.15, 0.2) is 40.3 Å². The summed E-state index contributed by atoms with van der Waals surface area (Å²) >= 11 is 1.55. The molecular weight excluding hydrogens is 362 g/mol. The number of hydrogen-bond donors (Lipinski definition) is 1. The number of hydrogen-bond acceptors (Lipinski definition) is 5. The molecule has 2 aromatic rings. The van der Waals surface area contributed by atoms with E-state index in [0.717, 1.165) is 28.6 Å². The van der Waals surface area contributed by atoms with Gasteiger partial charge in [-0.15, -0.1) is 0 Å². The Kier molecular flexibility index (Phi) is 6.21. The average molecular weight is 388 g/mol. The van der Waals surface area contributed by atoms with Crippen LogP contribution in [-0.2, 0) is 11.2 Å². The molecule has 3 rings (SSSR count). The maximum absolute atomic E-state index is 12.5. The number of methoxy groups -OCH3 is 1. The van der Waals surface area contributed by atoms with Gasteiger partial charge in [-0.2, -0.15) is 0 Å². The van der Waals surface area contributed by atoms with Gasteiger partial charge in [-0.05, 0) is 30.0 Å². The summed E-state index contributed by atoms with van der Waals surface area (Å²) in [7, 11) is 1.64. The first-order valence-electron chi connectivity index (χ1n) is 9.14. The number of benzene rings is 1. The number of carbonyl (C=O) groups excluding carboxylic acids is 1. The highest BCUT2D eigenvalue weighted by molar-refractivity contribution is 7.99. The molecule has 1 aromatic carbocycles. The van der Waals surface area contributed by atoms with Crippen LogP contribution in [0.1, 0.15) is 43.5 Å². The first kappa shape index (κ1) is 19.5. The summed E-state index contributed by atoms with van der Waals surface area (Å²) in [5, 5.41) is 3.67. The van der Waals surface area contributed by atoms with Gasteiger partial charge in [0.2, 0.25) is 5.91 Å². The number of ether oxygens (including phenoxy) is 1. The highest BCUT2D eigenvalue weighted by Crippen LogP contribution is 2.32. The van der Waals surface area contributed by atoms with E-state index in [1.807, 2.05) is 38.1 Å². The van der Waals surface area contributed by atoms with Gasteiger partial charge in [-0.3, -0.25) is 14.2 Å². The molecule has 1 N–H and O–H groups in total. The predicted molar refractivity (Wildman–Crippen MR) is 107 cm³/mol. The zero-order valence-corrected chi connectivity index (χ0v) is 16.7. The molecule has 6 nitrogen and oxygen atoms in total. The van der Waals surface area contributed by atoms with Crippen LogP contribution in [0.25, 0.3) is 0 Å². The Balaban J connectivity index is 1.56. The lowest BCUT2D eigenvalue weighted by Gasteiger charge is -2.14. The SMILES string of the molecule is COc1cccc(CCNC(=O)CC2CSc3nc(C(C)C)cc(=O)n32)c1. The Morgan fingerprint density at radius 2 is 2.22 bits per heavy atom. The number of thioether (sulfide) groups is 1. The molecule has 144 valence electrons. The van der Waals surface area contributed by atoms with Crippen molar-refractivity contribution < 1.29 is 9.53 Å². The smallest absolute Gasteiger partial charge is 0.254 e. The molecule has 1 atom stereocenters. The summed E-state index contributed by atoms with van der Waals surface area (Å²) in [6, 6.07) is 9.27. The molecule has 1 unspecified atom stereocenters. The van der Waals surface area contributed by atoms with E-state index in [0.29, 0.717) is 18.7 Å². The van der Waals surface area contributed by atoms with E-state index in [9.17, 15) is 9.59 Å². The lowest BCUT2D eigenvalue weighted by molar-refractivity contribution is -0.121. The summed E-state index contributed by atoms with van der Waals surface area (Å²) < 4.78 is 6.88. The minimum absolute atomic E-state index is 0.0452. The lowest BCUT2D eigenvalue weighted by Crippen LogP contribution is -2.31. The fraction of sp³-hybridized carbons (Fsp3) is 0.450. The molecule has 1 amide bonds. The summed E-state index contributed by atoms with van der Waals surface area (Å²) in [5.74, 6) is 1.68. The van der Waals surface area contributed by atoms with Gasteiger partial charge in [-0.1, -0.05) is 37.7 Å². The van der Waals surface area contributed by atoms with Gasteiger partial charge in [0.1, 0.15) is 5.75 Å². The van der Waals surface area contributed by atoms with Gasteiger partial charge < -0.3 is 10.1 Å². The lowest BCUT2D eigenvalue weighted by atomic mass is 10.1. The second-order valence-electron chi connectivity index (χ2n) is 6.95. The van der Waals surface area contributed by atoms with E-state index >= 15 is 0 Å². The highest BCUT2D eigenvalue weighted by atomic mass is 32.2. The molecule has 1 aliphatic rings. The third-order valence-corrected chi connectivity index (χ3v) is 5.69. The van der Waals surface area contributed by atoms with Crippen molar-refractivity contribution in [2.45, 2.75) is 43.8 Å². The first-order chi connectivity index (χ1) is 13.0. The van der Waals surface area contributed by atoms with Gasteiger partial charge in [0.15, 0.2) is 5.16 Å². The normalized spacial score (nSPS) is 15.6. The number of rotatable bonds is 7. The quantitative estimate of drug-likeness (QED) is 0.740. The van der Waals surface area contributed by atoms with Crippen molar-refractivity contribution in [3.05, 3.63) is 51.9 Å². The molecule has 0 saturated heterocycles. The molecular formula is C20H25N3O3S. The highest BCUT2D eigenvalue weighted by Gasteiger charge is 2.27. The van der Waals surface area contributed by atoms with Crippen molar-refractivity contribution in [1.82, 2.24) is 14.9 Å². The van der Waals surface area contributed by atoms with Crippen molar-refractivity contribution >= 4 is 17.7 Å². The molecule has 27 heavy (non-hydrogen) atoms. The molecule has 0 fully saturated rings. The van der Waals surface area contributed by atoms with Crippen molar-refractivity contribution in [3.8, 4) is 5.75 Å². The van der Waals surface area contributed by atoms with Gasteiger partial charge in [0, 0.05) is 24.8 Å². The minimum atomic E-state index is -0.136. The Labute approximate surface area is 163 Å². The second-order valence-corrected chi connectivity index (χ2v) is 7.93. The van der Waals surface area contributed by atoms with Gasteiger partial charge in [0.25, 0.3) is 5.56 Å². The fourth-order valence-corrected chi connectivity index (χ4v) is 4.23.